The monoisotopic (exact) mass is 592 g/mol. The number of hydrogen-bond acceptors (Lipinski definition) is 8. The SMILES string of the molecule is COC(=O)c1ccc(N(Cc2ccccc2)C(=O)OC(C)(C)C)cc1.COC(=O)c1ccc(NC(=O)OC(C)(C)C)cc1. The average Bonchev–Trinajstić information content (AvgIpc) is 2.94. The van der Waals surface area contributed by atoms with E-state index in [1.807, 2.05) is 51.1 Å². The van der Waals surface area contributed by atoms with Gasteiger partial charge in [-0.15, -0.1) is 0 Å². The normalized spacial score (nSPS) is 10.8. The van der Waals surface area contributed by atoms with Crippen LogP contribution in [-0.4, -0.2) is 49.5 Å². The van der Waals surface area contributed by atoms with Crippen LogP contribution in [0.15, 0.2) is 78.9 Å². The van der Waals surface area contributed by atoms with Crippen LogP contribution in [0.3, 0.4) is 0 Å². The summed E-state index contributed by atoms with van der Waals surface area (Å²) >= 11 is 0. The molecule has 2 amide bonds. The maximum atomic E-state index is 12.7. The van der Waals surface area contributed by atoms with Crippen molar-refractivity contribution in [2.45, 2.75) is 59.3 Å². The maximum Gasteiger partial charge on any atom is 0.415 e. The third kappa shape index (κ3) is 12.3. The van der Waals surface area contributed by atoms with Crippen molar-refractivity contribution in [1.82, 2.24) is 0 Å². The second kappa shape index (κ2) is 15.4. The average molecular weight is 593 g/mol. The summed E-state index contributed by atoms with van der Waals surface area (Å²) in [5.74, 6) is -0.836. The summed E-state index contributed by atoms with van der Waals surface area (Å²) in [6, 6.07) is 22.7. The van der Waals surface area contributed by atoms with Crippen molar-refractivity contribution in [3.8, 4) is 0 Å². The van der Waals surface area contributed by atoms with Gasteiger partial charge in [0.05, 0.1) is 31.9 Å². The van der Waals surface area contributed by atoms with Crippen LogP contribution in [0.2, 0.25) is 0 Å². The highest BCUT2D eigenvalue weighted by molar-refractivity contribution is 5.92. The Balaban J connectivity index is 0.000000317. The highest BCUT2D eigenvalue weighted by Crippen LogP contribution is 2.22. The molecule has 3 aromatic carbocycles. The van der Waals surface area contributed by atoms with Crippen molar-refractivity contribution >= 4 is 35.5 Å². The third-order valence-electron chi connectivity index (χ3n) is 5.35. The zero-order chi connectivity index (χ0) is 32.2. The maximum absolute atomic E-state index is 12.7. The summed E-state index contributed by atoms with van der Waals surface area (Å²) in [6.07, 6.45) is -0.976. The Morgan fingerprint density at radius 3 is 1.56 bits per heavy atom. The van der Waals surface area contributed by atoms with Gasteiger partial charge in [-0.25, -0.2) is 19.2 Å². The van der Waals surface area contributed by atoms with Crippen LogP contribution >= 0.6 is 0 Å². The van der Waals surface area contributed by atoms with Gasteiger partial charge in [-0.1, -0.05) is 30.3 Å². The van der Waals surface area contributed by atoms with Crippen molar-refractivity contribution in [1.29, 1.82) is 0 Å². The summed E-state index contributed by atoms with van der Waals surface area (Å²) < 4.78 is 19.9. The van der Waals surface area contributed by atoms with Crippen LogP contribution in [0.5, 0.6) is 0 Å². The molecule has 0 bridgehead atoms. The summed E-state index contributed by atoms with van der Waals surface area (Å²) in [5, 5.41) is 2.57. The van der Waals surface area contributed by atoms with E-state index in [2.05, 4.69) is 10.1 Å². The number of hydrogen-bond donors (Lipinski definition) is 1. The molecule has 0 aliphatic heterocycles. The van der Waals surface area contributed by atoms with E-state index in [-0.39, 0.29) is 0 Å². The van der Waals surface area contributed by atoms with Crippen LogP contribution in [0.25, 0.3) is 0 Å². The van der Waals surface area contributed by atoms with Gasteiger partial charge in [-0.3, -0.25) is 10.2 Å². The van der Waals surface area contributed by atoms with Crippen LogP contribution in [0.4, 0.5) is 21.0 Å². The number of nitrogens with zero attached hydrogens (tertiary/aromatic N) is 1. The number of benzene rings is 3. The second-order valence-electron chi connectivity index (χ2n) is 11.3. The zero-order valence-electron chi connectivity index (χ0n) is 25.9. The summed E-state index contributed by atoms with van der Waals surface area (Å²) in [5.41, 5.74) is 1.88. The Hall–Kier alpha value is -4.86. The quantitative estimate of drug-likeness (QED) is 0.235. The number of carbonyl (C=O) groups excluding carboxylic acids is 4. The Labute approximate surface area is 252 Å². The molecule has 0 atom stereocenters. The Bertz CT molecular complexity index is 1360. The van der Waals surface area contributed by atoms with Gasteiger partial charge in [0.25, 0.3) is 0 Å². The molecule has 0 heterocycles. The van der Waals surface area contributed by atoms with Gasteiger partial charge in [0.1, 0.15) is 11.2 Å². The molecule has 0 aromatic heterocycles. The molecule has 43 heavy (non-hydrogen) atoms. The van der Waals surface area contributed by atoms with E-state index in [9.17, 15) is 19.2 Å². The van der Waals surface area contributed by atoms with E-state index in [4.69, 9.17) is 14.2 Å². The van der Waals surface area contributed by atoms with Crippen LogP contribution in [0.1, 0.15) is 67.8 Å². The van der Waals surface area contributed by atoms with E-state index in [1.165, 1.54) is 14.2 Å². The van der Waals surface area contributed by atoms with E-state index in [1.54, 1.807) is 74.2 Å². The predicted octanol–water partition coefficient (Wildman–Crippen LogP) is 7.24. The fourth-order valence-corrected chi connectivity index (χ4v) is 3.47. The number of ether oxygens (including phenoxy) is 4. The Morgan fingerprint density at radius 1 is 0.651 bits per heavy atom. The molecule has 0 unspecified atom stereocenters. The lowest BCUT2D eigenvalue weighted by atomic mass is 10.1. The van der Waals surface area contributed by atoms with Crippen molar-refractivity contribution < 1.29 is 38.1 Å². The number of anilines is 2. The summed E-state index contributed by atoms with van der Waals surface area (Å²) in [7, 11) is 2.65. The first-order valence-corrected chi connectivity index (χ1v) is 13.5. The molecule has 3 aromatic rings. The smallest absolute Gasteiger partial charge is 0.415 e. The minimum Gasteiger partial charge on any atom is -0.465 e. The number of esters is 2. The number of nitrogens with one attached hydrogen (secondary N) is 1. The fraction of sp³-hybridized carbons (Fsp3) is 0.333. The predicted molar refractivity (Wildman–Crippen MR) is 164 cm³/mol. The lowest BCUT2D eigenvalue weighted by Crippen LogP contribution is -2.36. The van der Waals surface area contributed by atoms with Gasteiger partial charge >= 0.3 is 24.1 Å². The van der Waals surface area contributed by atoms with Crippen molar-refractivity contribution in [3.05, 3.63) is 95.6 Å². The Kier molecular flexibility index (Phi) is 12.3. The van der Waals surface area contributed by atoms with Gasteiger partial charge in [0.15, 0.2) is 0 Å². The molecule has 3 rings (SSSR count). The minimum atomic E-state index is -0.599. The van der Waals surface area contributed by atoms with Crippen molar-refractivity contribution in [2.24, 2.45) is 0 Å². The standard InChI is InChI=1S/C20H23NO4.C13H17NO4/c1-20(2,3)25-19(23)21(14-15-8-6-5-7-9-15)17-12-10-16(11-13-17)18(22)24-4;1-13(2,3)18-12(16)14-10-7-5-9(6-8-10)11(15)17-4/h5-13H,14H2,1-4H3;5-8H,1-4H3,(H,14,16). The Morgan fingerprint density at radius 2 is 1.12 bits per heavy atom. The molecule has 10 nitrogen and oxygen atoms in total. The van der Waals surface area contributed by atoms with Gasteiger partial charge < -0.3 is 18.9 Å². The number of methoxy groups -OCH3 is 2. The topological polar surface area (TPSA) is 120 Å². The van der Waals surface area contributed by atoms with Gasteiger partial charge in [-0.2, -0.15) is 0 Å². The highest BCUT2D eigenvalue weighted by atomic mass is 16.6. The van der Waals surface area contributed by atoms with E-state index in [0.29, 0.717) is 29.0 Å². The molecule has 0 saturated carbocycles. The summed E-state index contributed by atoms with van der Waals surface area (Å²) in [4.78, 5) is 48.5. The zero-order valence-corrected chi connectivity index (χ0v) is 25.9. The minimum absolute atomic E-state index is 0.368. The molecular weight excluding hydrogens is 552 g/mol. The largest absolute Gasteiger partial charge is 0.465 e. The molecule has 0 aliphatic rings. The first kappa shape index (κ1) is 34.3. The molecule has 1 N–H and O–H groups in total. The lowest BCUT2D eigenvalue weighted by molar-refractivity contribution is 0.0572. The van der Waals surface area contributed by atoms with Crippen LogP contribution in [-0.2, 0) is 25.5 Å². The molecule has 0 radical (unpaired) electrons. The van der Waals surface area contributed by atoms with Crippen molar-refractivity contribution in [2.75, 3.05) is 24.4 Å². The molecule has 0 saturated heterocycles. The molecule has 230 valence electrons. The van der Waals surface area contributed by atoms with Crippen LogP contribution in [0, 0.1) is 0 Å². The first-order valence-electron chi connectivity index (χ1n) is 13.5. The highest BCUT2D eigenvalue weighted by Gasteiger charge is 2.24. The lowest BCUT2D eigenvalue weighted by Gasteiger charge is -2.27. The molecule has 0 aliphatic carbocycles. The first-order chi connectivity index (χ1) is 20.1. The number of amides is 2. The fourth-order valence-electron chi connectivity index (χ4n) is 3.47. The molecule has 0 spiro atoms. The molecule has 10 heteroatoms. The van der Waals surface area contributed by atoms with Gasteiger partial charge in [0.2, 0.25) is 0 Å². The van der Waals surface area contributed by atoms with Crippen molar-refractivity contribution in [3.63, 3.8) is 0 Å². The molecular formula is C33H40N2O8. The van der Waals surface area contributed by atoms with Gasteiger partial charge in [0, 0.05) is 11.4 Å². The van der Waals surface area contributed by atoms with Crippen LogP contribution < -0.4 is 10.2 Å². The molecule has 0 fully saturated rings. The number of carbonyl (C=O) groups is 4. The van der Waals surface area contributed by atoms with E-state index >= 15 is 0 Å². The summed E-state index contributed by atoms with van der Waals surface area (Å²) in [6.45, 7) is 11.2. The third-order valence-corrected chi connectivity index (χ3v) is 5.35. The van der Waals surface area contributed by atoms with E-state index in [0.717, 1.165) is 5.56 Å². The van der Waals surface area contributed by atoms with E-state index < -0.39 is 35.3 Å². The number of rotatable bonds is 6. The van der Waals surface area contributed by atoms with Gasteiger partial charge in [-0.05, 0) is 95.6 Å². The second-order valence-corrected chi connectivity index (χ2v) is 11.3.